The summed E-state index contributed by atoms with van der Waals surface area (Å²) in [5.41, 5.74) is 5.91. The SMILES string of the molecule is BCCC[C@H]1CN(C(=O)C(Cc2ccccc2)NC)C[C@@]1(N)C(=O)O. The Bertz CT molecular complexity index is 598. The molecule has 1 aromatic rings. The lowest BCUT2D eigenvalue weighted by atomic mass is 9.83. The van der Waals surface area contributed by atoms with Crippen LogP contribution in [0.4, 0.5) is 0 Å². The monoisotopic (exact) mass is 345 g/mol. The average molecular weight is 345 g/mol. The van der Waals surface area contributed by atoms with E-state index in [1.54, 1.807) is 11.9 Å². The number of benzene rings is 1. The van der Waals surface area contributed by atoms with Crippen LogP contribution in [0.5, 0.6) is 0 Å². The number of hydrogen-bond acceptors (Lipinski definition) is 4. The second-order valence-electron chi connectivity index (χ2n) is 6.93. The number of carbonyl (C=O) groups is 2. The molecule has 7 heteroatoms. The molecule has 3 atom stereocenters. The van der Waals surface area contributed by atoms with Gasteiger partial charge in [0.2, 0.25) is 5.91 Å². The fourth-order valence-electron chi connectivity index (χ4n) is 3.53. The van der Waals surface area contributed by atoms with Crippen molar-refractivity contribution in [2.45, 2.75) is 37.2 Å². The van der Waals surface area contributed by atoms with Gasteiger partial charge in [0.05, 0.1) is 6.04 Å². The molecule has 6 nitrogen and oxygen atoms in total. The third kappa shape index (κ3) is 4.41. The van der Waals surface area contributed by atoms with Crippen LogP contribution in [0.1, 0.15) is 18.4 Å². The van der Waals surface area contributed by atoms with E-state index in [4.69, 9.17) is 5.73 Å². The van der Waals surface area contributed by atoms with Gasteiger partial charge in [0.15, 0.2) is 0 Å². The Morgan fingerprint density at radius 2 is 2.12 bits per heavy atom. The number of rotatable bonds is 8. The highest BCUT2D eigenvalue weighted by Gasteiger charge is 2.50. The van der Waals surface area contributed by atoms with Crippen LogP contribution in [0.25, 0.3) is 0 Å². The molecule has 0 aromatic heterocycles. The summed E-state index contributed by atoms with van der Waals surface area (Å²) in [6.07, 6.45) is 3.19. The van der Waals surface area contributed by atoms with Crippen molar-refractivity contribution in [1.82, 2.24) is 10.2 Å². The van der Waals surface area contributed by atoms with E-state index in [9.17, 15) is 14.7 Å². The van der Waals surface area contributed by atoms with E-state index in [2.05, 4.69) is 13.2 Å². The van der Waals surface area contributed by atoms with Gasteiger partial charge in [-0.05, 0) is 25.5 Å². The Labute approximate surface area is 150 Å². The van der Waals surface area contributed by atoms with E-state index in [1.807, 2.05) is 30.3 Å². The molecular weight excluding hydrogens is 317 g/mol. The molecule has 136 valence electrons. The standard InChI is InChI=1S/C18H28BN3O3/c1-21-15(10-13-6-3-2-4-7-13)16(23)22-11-14(8-5-9-19)18(20,12-22)17(24)25/h2-4,6-7,14-15,21H,5,8-12,19-20H2,1H3,(H,24,25)/t14-,15?,18-/m0/s1. The van der Waals surface area contributed by atoms with Crippen molar-refractivity contribution in [1.29, 1.82) is 0 Å². The summed E-state index contributed by atoms with van der Waals surface area (Å²) < 4.78 is 0. The summed E-state index contributed by atoms with van der Waals surface area (Å²) in [5.74, 6) is -1.31. The van der Waals surface area contributed by atoms with E-state index in [0.717, 1.165) is 24.7 Å². The van der Waals surface area contributed by atoms with Gasteiger partial charge in [-0.2, -0.15) is 0 Å². The van der Waals surface area contributed by atoms with Crippen molar-refractivity contribution in [2.24, 2.45) is 11.7 Å². The molecule has 1 aliphatic rings. The second-order valence-corrected chi connectivity index (χ2v) is 6.93. The number of nitrogens with zero attached hydrogens (tertiary/aromatic N) is 1. The second kappa shape index (κ2) is 8.49. The van der Waals surface area contributed by atoms with Gasteiger partial charge in [-0.3, -0.25) is 9.59 Å². The van der Waals surface area contributed by atoms with Crippen LogP contribution in [-0.2, 0) is 16.0 Å². The zero-order valence-electron chi connectivity index (χ0n) is 15.1. The number of nitrogens with two attached hydrogens (primary N) is 1. The van der Waals surface area contributed by atoms with Crippen LogP contribution in [0.3, 0.4) is 0 Å². The minimum Gasteiger partial charge on any atom is -0.480 e. The van der Waals surface area contributed by atoms with Gasteiger partial charge in [-0.1, -0.05) is 43.1 Å². The highest BCUT2D eigenvalue weighted by atomic mass is 16.4. The Kier molecular flexibility index (Phi) is 6.61. The van der Waals surface area contributed by atoms with Gasteiger partial charge >= 0.3 is 5.97 Å². The van der Waals surface area contributed by atoms with Gasteiger partial charge in [0.25, 0.3) is 0 Å². The van der Waals surface area contributed by atoms with Crippen molar-refractivity contribution in [2.75, 3.05) is 20.1 Å². The molecule has 0 aliphatic carbocycles. The quantitative estimate of drug-likeness (QED) is 0.572. The molecule has 1 heterocycles. The minimum absolute atomic E-state index is 0.0719. The highest BCUT2D eigenvalue weighted by molar-refractivity contribution is 6.08. The number of carboxylic acids is 1. The predicted octanol–water partition coefficient (Wildman–Crippen LogP) is -0.111. The molecule has 25 heavy (non-hydrogen) atoms. The number of nitrogens with one attached hydrogen (secondary N) is 1. The number of carboxylic acid groups (broad SMARTS) is 1. The molecule has 0 radical (unpaired) electrons. The van der Waals surface area contributed by atoms with E-state index in [0.29, 0.717) is 13.0 Å². The smallest absolute Gasteiger partial charge is 0.325 e. The lowest BCUT2D eigenvalue weighted by Gasteiger charge is -2.25. The van der Waals surface area contributed by atoms with Gasteiger partial charge in [-0.25, -0.2) is 0 Å². The molecule has 0 saturated carbocycles. The Hall–Kier alpha value is -1.86. The van der Waals surface area contributed by atoms with Crippen LogP contribution in [0.2, 0.25) is 6.32 Å². The Morgan fingerprint density at radius 3 is 2.68 bits per heavy atom. The zero-order chi connectivity index (χ0) is 18.4. The number of carbonyl (C=O) groups excluding carboxylic acids is 1. The van der Waals surface area contributed by atoms with Gasteiger partial charge < -0.3 is 21.1 Å². The number of amides is 1. The lowest BCUT2D eigenvalue weighted by Crippen LogP contribution is -2.55. The number of aliphatic carboxylic acids is 1. The molecule has 1 fully saturated rings. The van der Waals surface area contributed by atoms with Crippen molar-refractivity contribution in [3.63, 3.8) is 0 Å². The first-order chi connectivity index (χ1) is 11.9. The molecule has 1 amide bonds. The first-order valence-electron chi connectivity index (χ1n) is 8.94. The topological polar surface area (TPSA) is 95.7 Å². The molecule has 0 spiro atoms. The normalized spacial score (nSPS) is 24.2. The molecule has 0 bridgehead atoms. The summed E-state index contributed by atoms with van der Waals surface area (Å²) >= 11 is 0. The van der Waals surface area contributed by atoms with E-state index >= 15 is 0 Å². The first-order valence-corrected chi connectivity index (χ1v) is 8.94. The van der Waals surface area contributed by atoms with Gasteiger partial charge in [-0.15, -0.1) is 0 Å². The number of hydrogen-bond donors (Lipinski definition) is 3. The third-order valence-corrected chi connectivity index (χ3v) is 5.17. The fraction of sp³-hybridized carbons (Fsp3) is 0.556. The van der Waals surface area contributed by atoms with Crippen molar-refractivity contribution >= 4 is 19.7 Å². The summed E-state index contributed by atoms with van der Waals surface area (Å²) in [4.78, 5) is 26.3. The molecular formula is C18H28BN3O3. The largest absolute Gasteiger partial charge is 0.480 e. The molecule has 1 aliphatic heterocycles. The number of likely N-dealkylation sites (tertiary alicyclic amines) is 1. The Morgan fingerprint density at radius 1 is 1.44 bits per heavy atom. The first kappa shape index (κ1) is 19.5. The molecule has 1 unspecified atom stereocenters. The maximum atomic E-state index is 12.9. The van der Waals surface area contributed by atoms with Crippen LogP contribution >= 0.6 is 0 Å². The average Bonchev–Trinajstić information content (AvgIpc) is 2.96. The van der Waals surface area contributed by atoms with Gasteiger partial charge in [0, 0.05) is 19.0 Å². The minimum atomic E-state index is -1.35. The van der Waals surface area contributed by atoms with Crippen LogP contribution < -0.4 is 11.1 Å². The summed E-state index contributed by atoms with van der Waals surface area (Å²) in [6.45, 7) is 0.483. The summed E-state index contributed by atoms with van der Waals surface area (Å²) in [6, 6.07) is 9.41. The third-order valence-electron chi connectivity index (χ3n) is 5.17. The Balaban J connectivity index is 2.10. The lowest BCUT2D eigenvalue weighted by molar-refractivity contribution is -0.144. The summed E-state index contributed by atoms with van der Waals surface area (Å²) in [7, 11) is 3.82. The highest BCUT2D eigenvalue weighted by Crippen LogP contribution is 2.30. The molecule has 1 aromatic carbocycles. The van der Waals surface area contributed by atoms with Crippen molar-refractivity contribution in [3.05, 3.63) is 35.9 Å². The van der Waals surface area contributed by atoms with E-state index < -0.39 is 11.5 Å². The van der Waals surface area contributed by atoms with Crippen molar-refractivity contribution < 1.29 is 14.7 Å². The zero-order valence-corrected chi connectivity index (χ0v) is 15.1. The van der Waals surface area contributed by atoms with Gasteiger partial charge in [0.1, 0.15) is 13.4 Å². The fourth-order valence-corrected chi connectivity index (χ4v) is 3.53. The molecule has 4 N–H and O–H groups in total. The van der Waals surface area contributed by atoms with Crippen LogP contribution in [0.15, 0.2) is 30.3 Å². The number of likely N-dealkylation sites (N-methyl/N-ethyl adjacent to an activating group) is 1. The molecule has 2 rings (SSSR count). The maximum Gasteiger partial charge on any atom is 0.325 e. The van der Waals surface area contributed by atoms with E-state index in [-0.39, 0.29) is 24.4 Å². The molecule has 1 saturated heterocycles. The van der Waals surface area contributed by atoms with Crippen LogP contribution in [0, 0.1) is 5.92 Å². The van der Waals surface area contributed by atoms with Crippen molar-refractivity contribution in [3.8, 4) is 0 Å². The van der Waals surface area contributed by atoms with E-state index in [1.165, 1.54) is 0 Å². The van der Waals surface area contributed by atoms with Crippen LogP contribution in [-0.4, -0.2) is 61.4 Å². The maximum absolute atomic E-state index is 12.9. The summed E-state index contributed by atoms with van der Waals surface area (Å²) in [5, 5.41) is 12.7. The predicted molar refractivity (Wildman–Crippen MR) is 100 cm³/mol.